The van der Waals surface area contributed by atoms with E-state index in [1.807, 2.05) is 31.4 Å². The SMILES string of the molecule is CCCCCc1nnc(NC(=O)C(CCSC)NC(=O)c2cccc(C)c2)s1. The first-order valence-corrected chi connectivity index (χ1v) is 11.7. The Bertz CT molecular complexity index is 779. The van der Waals surface area contributed by atoms with Gasteiger partial charge in [-0.15, -0.1) is 10.2 Å². The van der Waals surface area contributed by atoms with Crippen molar-refractivity contribution < 1.29 is 9.59 Å². The second-order valence-electron chi connectivity index (χ2n) is 6.62. The minimum Gasteiger partial charge on any atom is -0.340 e. The molecular formula is C20H28N4O2S2. The molecule has 1 heterocycles. The van der Waals surface area contributed by atoms with Crippen molar-refractivity contribution in [3.8, 4) is 0 Å². The summed E-state index contributed by atoms with van der Waals surface area (Å²) >= 11 is 3.04. The fourth-order valence-electron chi connectivity index (χ4n) is 2.66. The molecule has 2 rings (SSSR count). The highest BCUT2D eigenvalue weighted by molar-refractivity contribution is 7.98. The summed E-state index contributed by atoms with van der Waals surface area (Å²) in [7, 11) is 0. The molecule has 28 heavy (non-hydrogen) atoms. The first-order valence-electron chi connectivity index (χ1n) is 9.53. The predicted molar refractivity (Wildman–Crippen MR) is 117 cm³/mol. The standard InChI is InChI=1S/C20H28N4O2S2/c1-4-5-6-10-17-23-24-20(28-17)22-19(26)16(11-12-27-3)21-18(25)15-9-7-8-14(2)13-15/h7-9,13,16H,4-6,10-12H2,1-3H3,(H,21,25)(H,22,24,26). The van der Waals surface area contributed by atoms with Gasteiger partial charge in [0.1, 0.15) is 11.0 Å². The van der Waals surface area contributed by atoms with Crippen molar-refractivity contribution in [1.29, 1.82) is 0 Å². The lowest BCUT2D eigenvalue weighted by Crippen LogP contribution is -2.44. The zero-order valence-corrected chi connectivity index (χ0v) is 18.3. The number of unbranched alkanes of at least 4 members (excludes halogenated alkanes) is 2. The highest BCUT2D eigenvalue weighted by atomic mass is 32.2. The molecule has 6 nitrogen and oxygen atoms in total. The van der Waals surface area contributed by atoms with Crippen LogP contribution in [-0.4, -0.2) is 40.1 Å². The zero-order chi connectivity index (χ0) is 20.4. The molecule has 0 aliphatic carbocycles. The van der Waals surface area contributed by atoms with E-state index in [0.717, 1.165) is 42.0 Å². The molecule has 152 valence electrons. The summed E-state index contributed by atoms with van der Waals surface area (Å²) in [5.41, 5.74) is 1.55. The molecule has 0 saturated carbocycles. The molecule has 0 radical (unpaired) electrons. The number of nitrogens with one attached hydrogen (secondary N) is 2. The summed E-state index contributed by atoms with van der Waals surface area (Å²) in [5, 5.41) is 15.3. The maximum Gasteiger partial charge on any atom is 0.251 e. The second-order valence-corrected chi connectivity index (χ2v) is 8.67. The Balaban J connectivity index is 1.99. The van der Waals surface area contributed by atoms with Gasteiger partial charge in [-0.25, -0.2) is 0 Å². The Hall–Kier alpha value is -1.93. The Morgan fingerprint density at radius 3 is 2.79 bits per heavy atom. The normalized spacial score (nSPS) is 11.8. The van der Waals surface area contributed by atoms with Crippen LogP contribution in [0.3, 0.4) is 0 Å². The third-order valence-corrected chi connectivity index (χ3v) is 5.75. The number of carbonyl (C=O) groups excluding carboxylic acids is 2. The number of carbonyl (C=O) groups is 2. The van der Waals surface area contributed by atoms with Crippen molar-refractivity contribution in [3.63, 3.8) is 0 Å². The van der Waals surface area contributed by atoms with E-state index in [0.29, 0.717) is 17.1 Å². The number of nitrogens with zero attached hydrogens (tertiary/aromatic N) is 2. The van der Waals surface area contributed by atoms with Gasteiger partial charge in [-0.05, 0) is 43.9 Å². The molecule has 0 fully saturated rings. The summed E-state index contributed by atoms with van der Waals surface area (Å²) in [6, 6.07) is 6.71. The maximum atomic E-state index is 12.7. The Kier molecular flexibility index (Phi) is 9.43. The smallest absolute Gasteiger partial charge is 0.251 e. The molecule has 1 aromatic carbocycles. The lowest BCUT2D eigenvalue weighted by molar-refractivity contribution is -0.118. The lowest BCUT2D eigenvalue weighted by Gasteiger charge is -2.17. The van der Waals surface area contributed by atoms with Gasteiger partial charge in [0.2, 0.25) is 11.0 Å². The average Bonchev–Trinajstić information content (AvgIpc) is 3.12. The molecule has 1 aromatic heterocycles. The molecule has 0 aliphatic heterocycles. The minimum atomic E-state index is -0.618. The van der Waals surface area contributed by atoms with Gasteiger partial charge in [0.25, 0.3) is 5.91 Å². The molecular weight excluding hydrogens is 392 g/mol. The van der Waals surface area contributed by atoms with Gasteiger partial charge in [-0.3, -0.25) is 14.9 Å². The first kappa shape index (κ1) is 22.4. The summed E-state index contributed by atoms with van der Waals surface area (Å²) in [5.74, 6) is 0.263. The maximum absolute atomic E-state index is 12.7. The van der Waals surface area contributed by atoms with Crippen molar-refractivity contribution in [3.05, 3.63) is 40.4 Å². The number of benzene rings is 1. The van der Waals surface area contributed by atoms with Crippen LogP contribution in [0.25, 0.3) is 0 Å². The van der Waals surface area contributed by atoms with E-state index in [-0.39, 0.29) is 11.8 Å². The Morgan fingerprint density at radius 2 is 2.07 bits per heavy atom. The van der Waals surface area contributed by atoms with E-state index in [1.165, 1.54) is 11.3 Å². The van der Waals surface area contributed by atoms with E-state index < -0.39 is 6.04 Å². The summed E-state index contributed by atoms with van der Waals surface area (Å²) < 4.78 is 0. The monoisotopic (exact) mass is 420 g/mol. The third kappa shape index (κ3) is 7.24. The molecule has 2 N–H and O–H groups in total. The van der Waals surface area contributed by atoms with E-state index >= 15 is 0 Å². The highest BCUT2D eigenvalue weighted by Crippen LogP contribution is 2.18. The molecule has 0 saturated heterocycles. The van der Waals surface area contributed by atoms with Crippen molar-refractivity contribution in [1.82, 2.24) is 15.5 Å². The van der Waals surface area contributed by atoms with Crippen LogP contribution in [0, 0.1) is 6.92 Å². The summed E-state index contributed by atoms with van der Waals surface area (Å²) in [6.45, 7) is 4.09. The minimum absolute atomic E-state index is 0.248. The number of thioether (sulfide) groups is 1. The van der Waals surface area contributed by atoms with Crippen LogP contribution in [0.2, 0.25) is 0 Å². The van der Waals surface area contributed by atoms with Gasteiger partial charge >= 0.3 is 0 Å². The first-order chi connectivity index (χ1) is 13.5. The van der Waals surface area contributed by atoms with Gasteiger partial charge in [0.05, 0.1) is 0 Å². The van der Waals surface area contributed by atoms with Crippen molar-refractivity contribution in [2.45, 2.75) is 52.0 Å². The number of hydrogen-bond donors (Lipinski definition) is 2. The van der Waals surface area contributed by atoms with E-state index in [4.69, 9.17) is 0 Å². The molecule has 8 heteroatoms. The van der Waals surface area contributed by atoms with E-state index in [9.17, 15) is 9.59 Å². The molecule has 2 amide bonds. The van der Waals surface area contributed by atoms with Crippen LogP contribution in [0.15, 0.2) is 24.3 Å². The van der Waals surface area contributed by atoms with Crippen LogP contribution in [0.1, 0.15) is 53.5 Å². The molecule has 0 bridgehead atoms. The quantitative estimate of drug-likeness (QED) is 0.535. The lowest BCUT2D eigenvalue weighted by atomic mass is 10.1. The van der Waals surface area contributed by atoms with Crippen LogP contribution < -0.4 is 10.6 Å². The number of aryl methyl sites for hydroxylation is 2. The predicted octanol–water partition coefficient (Wildman–Crippen LogP) is 4.07. The zero-order valence-electron chi connectivity index (χ0n) is 16.7. The van der Waals surface area contributed by atoms with Gasteiger partial charge in [0.15, 0.2) is 0 Å². The fraction of sp³-hybridized carbons (Fsp3) is 0.500. The largest absolute Gasteiger partial charge is 0.340 e. The van der Waals surface area contributed by atoms with Gasteiger partial charge in [0, 0.05) is 12.0 Å². The van der Waals surface area contributed by atoms with Crippen molar-refractivity contribution >= 4 is 40.0 Å². The molecule has 1 atom stereocenters. The van der Waals surface area contributed by atoms with Crippen molar-refractivity contribution in [2.24, 2.45) is 0 Å². The Labute approximate surface area is 174 Å². The van der Waals surface area contributed by atoms with E-state index in [1.54, 1.807) is 17.8 Å². The van der Waals surface area contributed by atoms with E-state index in [2.05, 4.69) is 27.8 Å². The van der Waals surface area contributed by atoms with Crippen LogP contribution >= 0.6 is 23.1 Å². The molecule has 1 unspecified atom stereocenters. The average molecular weight is 421 g/mol. The number of hydrogen-bond acceptors (Lipinski definition) is 6. The van der Waals surface area contributed by atoms with Crippen LogP contribution in [-0.2, 0) is 11.2 Å². The third-order valence-electron chi connectivity index (χ3n) is 4.20. The van der Waals surface area contributed by atoms with Gasteiger partial charge < -0.3 is 5.32 Å². The number of anilines is 1. The molecule has 0 spiro atoms. The number of amides is 2. The van der Waals surface area contributed by atoms with Crippen LogP contribution in [0.5, 0.6) is 0 Å². The highest BCUT2D eigenvalue weighted by Gasteiger charge is 2.22. The van der Waals surface area contributed by atoms with Gasteiger partial charge in [-0.2, -0.15) is 11.8 Å². The fourth-order valence-corrected chi connectivity index (χ4v) is 3.91. The number of aromatic nitrogens is 2. The van der Waals surface area contributed by atoms with Crippen molar-refractivity contribution in [2.75, 3.05) is 17.3 Å². The molecule has 0 aliphatic rings. The topological polar surface area (TPSA) is 84.0 Å². The second kappa shape index (κ2) is 11.8. The summed E-state index contributed by atoms with van der Waals surface area (Å²) in [6.07, 6.45) is 6.78. The van der Waals surface area contributed by atoms with Crippen LogP contribution in [0.4, 0.5) is 5.13 Å². The molecule has 2 aromatic rings. The van der Waals surface area contributed by atoms with Gasteiger partial charge in [-0.1, -0.05) is 48.8 Å². The summed E-state index contributed by atoms with van der Waals surface area (Å²) in [4.78, 5) is 25.3. The number of rotatable bonds is 11. The Morgan fingerprint density at radius 1 is 1.25 bits per heavy atom.